The van der Waals surface area contributed by atoms with Crippen LogP contribution in [-0.2, 0) is 13.1 Å². The van der Waals surface area contributed by atoms with E-state index in [2.05, 4.69) is 53.4 Å². The molecule has 4 heteroatoms. The first-order chi connectivity index (χ1) is 8.70. The molecule has 0 bridgehead atoms. The van der Waals surface area contributed by atoms with Gasteiger partial charge in [0, 0.05) is 23.2 Å². The molecule has 1 N–H and O–H groups in total. The van der Waals surface area contributed by atoms with E-state index < -0.39 is 0 Å². The molecule has 0 unspecified atom stereocenters. The molecule has 0 saturated carbocycles. The Morgan fingerprint density at radius 1 is 1.39 bits per heavy atom. The van der Waals surface area contributed by atoms with E-state index in [1.807, 2.05) is 0 Å². The second-order valence-corrected chi connectivity index (χ2v) is 5.63. The van der Waals surface area contributed by atoms with Crippen molar-refractivity contribution in [3.63, 3.8) is 0 Å². The van der Waals surface area contributed by atoms with Gasteiger partial charge < -0.3 is 5.32 Å². The first-order valence-electron chi connectivity index (χ1n) is 6.52. The molecule has 3 nitrogen and oxygen atoms in total. The second-order valence-electron chi connectivity index (χ2n) is 4.63. The van der Waals surface area contributed by atoms with Crippen LogP contribution in [-0.4, -0.2) is 9.78 Å². The van der Waals surface area contributed by atoms with Crippen molar-refractivity contribution in [1.82, 2.24) is 9.78 Å². The fourth-order valence-electron chi connectivity index (χ4n) is 1.89. The van der Waals surface area contributed by atoms with E-state index in [1.165, 1.54) is 29.0 Å². The first-order valence-corrected chi connectivity index (χ1v) is 7.40. The van der Waals surface area contributed by atoms with Crippen LogP contribution in [0.4, 0.5) is 5.82 Å². The number of nitrogens with zero attached hydrogens (tertiary/aromatic N) is 2. The van der Waals surface area contributed by atoms with Crippen molar-refractivity contribution in [2.45, 2.75) is 46.7 Å². The summed E-state index contributed by atoms with van der Waals surface area (Å²) < 4.78 is 2.09. The Bertz CT molecular complexity index is 499. The molecule has 98 valence electrons. The largest absolute Gasteiger partial charge is 0.364 e. The van der Waals surface area contributed by atoms with Crippen LogP contribution in [0, 0.1) is 13.8 Å². The summed E-state index contributed by atoms with van der Waals surface area (Å²) in [5.74, 6) is 0.983. The molecule has 2 rings (SSSR count). The molecule has 18 heavy (non-hydrogen) atoms. The third-order valence-corrected chi connectivity index (χ3v) is 4.13. The Hall–Kier alpha value is -1.29. The molecule has 0 aliphatic heterocycles. The van der Waals surface area contributed by atoms with E-state index in [1.54, 1.807) is 11.3 Å². The standard InChI is InChI=1S/C14H21N3S/c1-4-5-7-17-12(3)9-14(16-17)15-10-13-11(2)6-8-18-13/h6,8-9H,4-5,7,10H2,1-3H3,(H,15,16). The summed E-state index contributed by atoms with van der Waals surface area (Å²) in [5.41, 5.74) is 2.59. The highest BCUT2D eigenvalue weighted by molar-refractivity contribution is 7.10. The van der Waals surface area contributed by atoms with Gasteiger partial charge in [0.15, 0.2) is 0 Å². The third-order valence-electron chi connectivity index (χ3n) is 3.10. The maximum absolute atomic E-state index is 4.59. The predicted molar refractivity (Wildman–Crippen MR) is 78.3 cm³/mol. The SMILES string of the molecule is CCCCn1nc(NCc2sccc2C)cc1C. The van der Waals surface area contributed by atoms with Gasteiger partial charge >= 0.3 is 0 Å². The summed E-state index contributed by atoms with van der Waals surface area (Å²) in [5, 5.41) is 10.1. The van der Waals surface area contributed by atoms with Crippen LogP contribution in [0.3, 0.4) is 0 Å². The van der Waals surface area contributed by atoms with E-state index in [4.69, 9.17) is 0 Å². The van der Waals surface area contributed by atoms with E-state index >= 15 is 0 Å². The highest BCUT2D eigenvalue weighted by Gasteiger charge is 2.05. The summed E-state index contributed by atoms with van der Waals surface area (Å²) in [6, 6.07) is 4.28. The van der Waals surface area contributed by atoms with E-state index in [-0.39, 0.29) is 0 Å². The summed E-state index contributed by atoms with van der Waals surface area (Å²) in [6.07, 6.45) is 2.39. The van der Waals surface area contributed by atoms with Crippen molar-refractivity contribution < 1.29 is 0 Å². The zero-order valence-electron chi connectivity index (χ0n) is 11.4. The van der Waals surface area contributed by atoms with Crippen molar-refractivity contribution in [2.75, 3.05) is 5.32 Å². The van der Waals surface area contributed by atoms with Crippen LogP contribution < -0.4 is 5.32 Å². The van der Waals surface area contributed by atoms with Crippen LogP contribution in [0.2, 0.25) is 0 Å². The van der Waals surface area contributed by atoms with Gasteiger partial charge in [-0.2, -0.15) is 5.10 Å². The van der Waals surface area contributed by atoms with Gasteiger partial charge in [0.1, 0.15) is 5.82 Å². The third kappa shape index (κ3) is 3.13. The van der Waals surface area contributed by atoms with Gasteiger partial charge in [-0.05, 0) is 37.3 Å². The maximum Gasteiger partial charge on any atom is 0.148 e. The molecule has 2 aromatic rings. The minimum Gasteiger partial charge on any atom is -0.364 e. The lowest BCUT2D eigenvalue weighted by molar-refractivity contribution is 0.560. The number of nitrogens with one attached hydrogen (secondary N) is 1. The number of rotatable bonds is 6. The highest BCUT2D eigenvalue weighted by atomic mass is 32.1. The number of thiophene rings is 1. The molecular formula is C14H21N3S. The van der Waals surface area contributed by atoms with Crippen molar-refractivity contribution in [2.24, 2.45) is 0 Å². The average molecular weight is 263 g/mol. The van der Waals surface area contributed by atoms with E-state index in [0.29, 0.717) is 0 Å². The van der Waals surface area contributed by atoms with Crippen molar-refractivity contribution in [3.05, 3.63) is 33.6 Å². The zero-order valence-corrected chi connectivity index (χ0v) is 12.2. The molecule has 0 radical (unpaired) electrons. The number of aryl methyl sites for hydroxylation is 3. The lowest BCUT2D eigenvalue weighted by atomic mass is 10.3. The molecule has 0 saturated heterocycles. The molecule has 0 aliphatic carbocycles. The first kappa shape index (κ1) is 13.1. The van der Waals surface area contributed by atoms with Gasteiger partial charge in [-0.1, -0.05) is 13.3 Å². The molecule has 2 aromatic heterocycles. The summed E-state index contributed by atoms with van der Waals surface area (Å²) in [7, 11) is 0. The lowest BCUT2D eigenvalue weighted by Crippen LogP contribution is -2.04. The molecule has 0 fully saturated rings. The number of aromatic nitrogens is 2. The minimum absolute atomic E-state index is 0.869. The monoisotopic (exact) mass is 263 g/mol. The molecule has 0 aromatic carbocycles. The fourth-order valence-corrected chi connectivity index (χ4v) is 2.73. The van der Waals surface area contributed by atoms with Gasteiger partial charge in [-0.3, -0.25) is 4.68 Å². The van der Waals surface area contributed by atoms with Crippen molar-refractivity contribution in [3.8, 4) is 0 Å². The topological polar surface area (TPSA) is 29.9 Å². The lowest BCUT2D eigenvalue weighted by Gasteiger charge is -2.03. The molecule has 0 spiro atoms. The van der Waals surface area contributed by atoms with Gasteiger partial charge in [0.25, 0.3) is 0 Å². The number of hydrogen-bond acceptors (Lipinski definition) is 3. The average Bonchev–Trinajstić information content (AvgIpc) is 2.91. The zero-order chi connectivity index (χ0) is 13.0. The van der Waals surface area contributed by atoms with Crippen LogP contribution >= 0.6 is 11.3 Å². The smallest absolute Gasteiger partial charge is 0.148 e. The Morgan fingerprint density at radius 2 is 2.22 bits per heavy atom. The fraction of sp³-hybridized carbons (Fsp3) is 0.500. The van der Waals surface area contributed by atoms with Crippen LogP contribution in [0.1, 0.15) is 35.9 Å². The summed E-state index contributed by atoms with van der Waals surface area (Å²) in [6.45, 7) is 8.36. The van der Waals surface area contributed by atoms with E-state index in [0.717, 1.165) is 18.9 Å². The Balaban J connectivity index is 1.95. The van der Waals surface area contributed by atoms with Gasteiger partial charge in [0.05, 0.1) is 6.54 Å². The predicted octanol–water partition coefficient (Wildman–Crippen LogP) is 3.97. The molecule has 0 amide bonds. The van der Waals surface area contributed by atoms with Crippen LogP contribution in [0.15, 0.2) is 17.5 Å². The number of unbranched alkanes of at least 4 members (excludes halogenated alkanes) is 1. The molecule has 0 atom stereocenters. The molecule has 2 heterocycles. The quantitative estimate of drug-likeness (QED) is 0.854. The van der Waals surface area contributed by atoms with Gasteiger partial charge in [-0.25, -0.2) is 0 Å². The van der Waals surface area contributed by atoms with E-state index in [9.17, 15) is 0 Å². The van der Waals surface area contributed by atoms with Gasteiger partial charge in [-0.15, -0.1) is 11.3 Å². The van der Waals surface area contributed by atoms with Crippen molar-refractivity contribution in [1.29, 1.82) is 0 Å². The Labute approximate surface area is 113 Å². The minimum atomic E-state index is 0.869. The normalized spacial score (nSPS) is 10.8. The van der Waals surface area contributed by atoms with Gasteiger partial charge in [0.2, 0.25) is 0 Å². The number of hydrogen-bond donors (Lipinski definition) is 1. The highest BCUT2D eigenvalue weighted by Crippen LogP contribution is 2.17. The second kappa shape index (κ2) is 6.05. The number of anilines is 1. The van der Waals surface area contributed by atoms with Crippen LogP contribution in [0.5, 0.6) is 0 Å². The van der Waals surface area contributed by atoms with Crippen molar-refractivity contribution >= 4 is 17.2 Å². The summed E-state index contributed by atoms with van der Waals surface area (Å²) in [4.78, 5) is 1.38. The summed E-state index contributed by atoms with van der Waals surface area (Å²) >= 11 is 1.80. The molecular weight excluding hydrogens is 242 g/mol. The van der Waals surface area contributed by atoms with Crippen LogP contribution in [0.25, 0.3) is 0 Å². The maximum atomic E-state index is 4.59. The Kier molecular flexibility index (Phi) is 4.42. The molecule has 0 aliphatic rings. The Morgan fingerprint density at radius 3 is 2.89 bits per heavy atom.